The highest BCUT2D eigenvalue weighted by atomic mass is 16.4. The first-order valence-electron chi connectivity index (χ1n) is 6.09. The largest absolute Gasteiger partial charge is 0.481 e. The summed E-state index contributed by atoms with van der Waals surface area (Å²) in [5, 5.41) is 12.3. The molecule has 19 heavy (non-hydrogen) atoms. The smallest absolute Gasteiger partial charge is 0.308 e. The molecule has 1 amide bonds. The predicted octanol–water partition coefficient (Wildman–Crippen LogP) is 1.93. The molecule has 1 unspecified atom stereocenters. The van der Waals surface area contributed by atoms with Crippen LogP contribution < -0.4 is 5.32 Å². The summed E-state index contributed by atoms with van der Waals surface area (Å²) in [6.45, 7) is 3.51. The molecule has 5 heteroatoms. The van der Waals surface area contributed by atoms with E-state index in [0.717, 1.165) is 16.6 Å². The van der Waals surface area contributed by atoms with Gasteiger partial charge in [0.05, 0.1) is 11.5 Å². The predicted molar refractivity (Wildman–Crippen MR) is 72.2 cm³/mol. The maximum absolute atomic E-state index is 12.1. The third kappa shape index (κ3) is 2.59. The average molecular weight is 260 g/mol. The van der Waals surface area contributed by atoms with Crippen molar-refractivity contribution in [2.45, 2.75) is 13.8 Å². The van der Waals surface area contributed by atoms with Crippen LogP contribution in [-0.2, 0) is 4.79 Å². The minimum absolute atomic E-state index is 0.118. The van der Waals surface area contributed by atoms with Crippen molar-refractivity contribution in [3.05, 3.63) is 35.5 Å². The van der Waals surface area contributed by atoms with E-state index in [2.05, 4.69) is 10.3 Å². The molecular formula is C14H16N2O3. The first kappa shape index (κ1) is 13.1. The Morgan fingerprint density at radius 2 is 2.05 bits per heavy atom. The van der Waals surface area contributed by atoms with E-state index in [0.29, 0.717) is 5.56 Å². The molecule has 2 aromatic rings. The van der Waals surface area contributed by atoms with Crippen molar-refractivity contribution in [1.82, 2.24) is 10.3 Å². The minimum atomic E-state index is -0.920. The number of hydrogen-bond donors (Lipinski definition) is 3. The van der Waals surface area contributed by atoms with Gasteiger partial charge in [0.2, 0.25) is 0 Å². The molecule has 0 radical (unpaired) electrons. The molecule has 0 spiro atoms. The number of carboxylic acid groups (broad SMARTS) is 1. The number of hydrogen-bond acceptors (Lipinski definition) is 2. The lowest BCUT2D eigenvalue weighted by atomic mass is 10.1. The van der Waals surface area contributed by atoms with Crippen LogP contribution in [0, 0.1) is 12.8 Å². The second-order valence-corrected chi connectivity index (χ2v) is 4.62. The van der Waals surface area contributed by atoms with Gasteiger partial charge in [0.25, 0.3) is 5.91 Å². The number of carbonyl (C=O) groups excluding carboxylic acids is 1. The van der Waals surface area contributed by atoms with Crippen molar-refractivity contribution in [2.24, 2.45) is 5.92 Å². The van der Waals surface area contributed by atoms with Gasteiger partial charge in [0.15, 0.2) is 0 Å². The number of aromatic nitrogens is 1. The van der Waals surface area contributed by atoms with Crippen molar-refractivity contribution in [2.75, 3.05) is 6.54 Å². The fourth-order valence-electron chi connectivity index (χ4n) is 1.99. The first-order valence-corrected chi connectivity index (χ1v) is 6.09. The molecule has 0 aliphatic rings. The molecule has 1 aromatic carbocycles. The van der Waals surface area contributed by atoms with E-state index in [9.17, 15) is 9.59 Å². The Balaban J connectivity index is 2.22. The summed E-state index contributed by atoms with van der Waals surface area (Å²) in [4.78, 5) is 26.0. The van der Waals surface area contributed by atoms with Gasteiger partial charge >= 0.3 is 5.97 Å². The Labute approximate surface area is 110 Å². The number of nitrogens with one attached hydrogen (secondary N) is 2. The monoisotopic (exact) mass is 260 g/mol. The minimum Gasteiger partial charge on any atom is -0.481 e. The van der Waals surface area contributed by atoms with E-state index < -0.39 is 11.9 Å². The lowest BCUT2D eigenvalue weighted by Crippen LogP contribution is -2.31. The van der Waals surface area contributed by atoms with E-state index in [1.54, 1.807) is 6.92 Å². The molecule has 0 bridgehead atoms. The van der Waals surface area contributed by atoms with Crippen LogP contribution >= 0.6 is 0 Å². The van der Waals surface area contributed by atoms with Crippen molar-refractivity contribution in [3.8, 4) is 0 Å². The molecule has 2 rings (SSSR count). The average Bonchev–Trinajstić information content (AvgIpc) is 2.71. The summed E-state index contributed by atoms with van der Waals surface area (Å²) in [6, 6.07) is 7.53. The lowest BCUT2D eigenvalue weighted by molar-refractivity contribution is -0.140. The van der Waals surface area contributed by atoms with E-state index in [-0.39, 0.29) is 12.5 Å². The number of aryl methyl sites for hydroxylation is 1. The third-order valence-electron chi connectivity index (χ3n) is 3.11. The van der Waals surface area contributed by atoms with Crippen LogP contribution in [0.2, 0.25) is 0 Å². The van der Waals surface area contributed by atoms with Gasteiger partial charge in [-0.05, 0) is 13.0 Å². The first-order chi connectivity index (χ1) is 9.00. The fraction of sp³-hybridized carbons (Fsp3) is 0.286. The van der Waals surface area contributed by atoms with Gasteiger partial charge in [-0.25, -0.2) is 0 Å². The number of aromatic amines is 1. The van der Waals surface area contributed by atoms with Crippen LogP contribution in [0.5, 0.6) is 0 Å². The Morgan fingerprint density at radius 3 is 2.74 bits per heavy atom. The highest BCUT2D eigenvalue weighted by molar-refractivity contribution is 6.08. The summed E-state index contributed by atoms with van der Waals surface area (Å²) in [5.74, 6) is -1.77. The van der Waals surface area contributed by atoms with Crippen LogP contribution in [-0.4, -0.2) is 28.5 Å². The number of carboxylic acids is 1. The molecule has 5 nitrogen and oxygen atoms in total. The quantitative estimate of drug-likeness (QED) is 0.785. The van der Waals surface area contributed by atoms with Gasteiger partial charge in [-0.2, -0.15) is 0 Å². The van der Waals surface area contributed by atoms with Crippen molar-refractivity contribution in [3.63, 3.8) is 0 Å². The summed E-state index contributed by atoms with van der Waals surface area (Å²) >= 11 is 0. The maximum atomic E-state index is 12.1. The molecule has 3 N–H and O–H groups in total. The zero-order valence-electron chi connectivity index (χ0n) is 10.9. The Hall–Kier alpha value is -2.30. The molecule has 1 atom stereocenters. The van der Waals surface area contributed by atoms with Crippen LogP contribution in [0.4, 0.5) is 0 Å². The second kappa shape index (κ2) is 5.14. The lowest BCUT2D eigenvalue weighted by Gasteiger charge is -2.08. The van der Waals surface area contributed by atoms with Crippen LogP contribution in [0.1, 0.15) is 23.0 Å². The summed E-state index contributed by atoms with van der Waals surface area (Å²) in [5.41, 5.74) is 2.26. The standard InChI is InChI=1S/C14H16N2O3/c1-8(14(18)19)7-15-13(17)12-9(2)16-11-6-4-3-5-10(11)12/h3-6,8,16H,7H2,1-2H3,(H,15,17)(H,18,19). The number of carbonyl (C=O) groups is 2. The highest BCUT2D eigenvalue weighted by Gasteiger charge is 2.17. The number of para-hydroxylation sites is 1. The molecule has 1 heterocycles. The number of rotatable bonds is 4. The summed E-state index contributed by atoms with van der Waals surface area (Å²) < 4.78 is 0. The molecule has 100 valence electrons. The number of H-pyrrole nitrogens is 1. The molecule has 0 saturated carbocycles. The number of aliphatic carboxylic acids is 1. The van der Waals surface area contributed by atoms with Crippen LogP contribution in [0.25, 0.3) is 10.9 Å². The Kier molecular flexibility index (Phi) is 3.55. The van der Waals surface area contributed by atoms with Gasteiger partial charge < -0.3 is 15.4 Å². The number of amides is 1. The van der Waals surface area contributed by atoms with E-state index in [1.165, 1.54) is 0 Å². The molecule has 1 aromatic heterocycles. The zero-order chi connectivity index (χ0) is 14.0. The maximum Gasteiger partial charge on any atom is 0.308 e. The summed E-state index contributed by atoms with van der Waals surface area (Å²) in [7, 11) is 0. The molecule has 0 aliphatic heterocycles. The van der Waals surface area contributed by atoms with E-state index >= 15 is 0 Å². The topological polar surface area (TPSA) is 82.2 Å². The van der Waals surface area contributed by atoms with E-state index in [4.69, 9.17) is 5.11 Å². The van der Waals surface area contributed by atoms with Crippen LogP contribution in [0.3, 0.4) is 0 Å². The molecular weight excluding hydrogens is 244 g/mol. The molecule has 0 saturated heterocycles. The van der Waals surface area contributed by atoms with Gasteiger partial charge in [0.1, 0.15) is 0 Å². The van der Waals surface area contributed by atoms with Gasteiger partial charge in [-0.15, -0.1) is 0 Å². The van der Waals surface area contributed by atoms with Crippen molar-refractivity contribution >= 4 is 22.8 Å². The van der Waals surface area contributed by atoms with Crippen molar-refractivity contribution < 1.29 is 14.7 Å². The van der Waals surface area contributed by atoms with Gasteiger partial charge in [-0.3, -0.25) is 9.59 Å². The highest BCUT2D eigenvalue weighted by Crippen LogP contribution is 2.21. The molecule has 0 fully saturated rings. The fourth-order valence-corrected chi connectivity index (χ4v) is 1.99. The molecule has 0 aliphatic carbocycles. The Morgan fingerprint density at radius 1 is 1.37 bits per heavy atom. The normalized spacial score (nSPS) is 12.3. The third-order valence-corrected chi connectivity index (χ3v) is 3.11. The summed E-state index contributed by atoms with van der Waals surface area (Å²) in [6.07, 6.45) is 0. The Bertz CT molecular complexity index is 631. The van der Waals surface area contributed by atoms with E-state index in [1.807, 2.05) is 31.2 Å². The number of benzene rings is 1. The van der Waals surface area contributed by atoms with Gasteiger partial charge in [-0.1, -0.05) is 25.1 Å². The SMILES string of the molecule is Cc1[nH]c2ccccc2c1C(=O)NCC(C)C(=O)O. The zero-order valence-corrected chi connectivity index (χ0v) is 10.9. The van der Waals surface area contributed by atoms with Crippen molar-refractivity contribution in [1.29, 1.82) is 0 Å². The van der Waals surface area contributed by atoms with Crippen LogP contribution in [0.15, 0.2) is 24.3 Å². The second-order valence-electron chi connectivity index (χ2n) is 4.62. The number of fused-ring (bicyclic) bond motifs is 1. The van der Waals surface area contributed by atoms with Gasteiger partial charge in [0, 0.05) is 23.1 Å².